The van der Waals surface area contributed by atoms with Crippen molar-refractivity contribution in [1.29, 1.82) is 0 Å². The van der Waals surface area contributed by atoms with Gasteiger partial charge in [0.2, 0.25) is 0 Å². The molecule has 0 atom stereocenters. The Morgan fingerprint density at radius 2 is 2.06 bits per heavy atom. The van der Waals surface area contributed by atoms with E-state index in [-0.39, 0.29) is 0 Å². The summed E-state index contributed by atoms with van der Waals surface area (Å²) in [5, 5.41) is 4.68. The summed E-state index contributed by atoms with van der Waals surface area (Å²) in [5.74, 6) is 0. The van der Waals surface area contributed by atoms with Gasteiger partial charge in [-0.05, 0) is 43.4 Å². The van der Waals surface area contributed by atoms with Crippen LogP contribution in [0.2, 0.25) is 10.0 Å². The SMILES string of the molecule is CNCC1(Cc2cccc(Cl)c2Cl)CCC1. The van der Waals surface area contributed by atoms with Gasteiger partial charge < -0.3 is 5.32 Å². The molecule has 0 aliphatic heterocycles. The summed E-state index contributed by atoms with van der Waals surface area (Å²) < 4.78 is 0. The van der Waals surface area contributed by atoms with Crippen molar-refractivity contribution in [2.45, 2.75) is 25.7 Å². The van der Waals surface area contributed by atoms with Crippen molar-refractivity contribution in [1.82, 2.24) is 5.32 Å². The zero-order valence-electron chi connectivity index (χ0n) is 9.52. The Kier molecular flexibility index (Phi) is 3.78. The molecule has 1 N–H and O–H groups in total. The predicted octanol–water partition coefficient (Wildman–Crippen LogP) is 3.93. The Hall–Kier alpha value is -0.240. The van der Waals surface area contributed by atoms with Crippen LogP contribution in [0.5, 0.6) is 0 Å². The topological polar surface area (TPSA) is 12.0 Å². The van der Waals surface area contributed by atoms with Crippen LogP contribution in [0.25, 0.3) is 0 Å². The van der Waals surface area contributed by atoms with Crippen molar-refractivity contribution < 1.29 is 0 Å². The van der Waals surface area contributed by atoms with Crippen LogP contribution in [0.3, 0.4) is 0 Å². The van der Waals surface area contributed by atoms with E-state index in [1.165, 1.54) is 24.8 Å². The predicted molar refractivity (Wildman–Crippen MR) is 70.4 cm³/mol. The number of nitrogens with one attached hydrogen (secondary N) is 1. The van der Waals surface area contributed by atoms with Crippen LogP contribution in [-0.2, 0) is 6.42 Å². The van der Waals surface area contributed by atoms with Crippen LogP contribution in [0.15, 0.2) is 18.2 Å². The summed E-state index contributed by atoms with van der Waals surface area (Å²) in [6, 6.07) is 5.91. The van der Waals surface area contributed by atoms with Crippen LogP contribution >= 0.6 is 23.2 Å². The van der Waals surface area contributed by atoms with Crippen molar-refractivity contribution >= 4 is 23.2 Å². The Labute approximate surface area is 107 Å². The molecule has 1 aromatic carbocycles. The Morgan fingerprint density at radius 3 is 2.62 bits per heavy atom. The standard InChI is InChI=1S/C13H17Cl2N/c1-16-9-13(6-3-7-13)8-10-4-2-5-11(14)12(10)15/h2,4-5,16H,3,6-9H2,1H3. The first-order valence-corrected chi connectivity index (χ1v) is 6.50. The van der Waals surface area contributed by atoms with Crippen LogP contribution in [0.4, 0.5) is 0 Å². The van der Waals surface area contributed by atoms with E-state index in [0.29, 0.717) is 10.4 Å². The lowest BCUT2D eigenvalue weighted by Gasteiger charge is -2.42. The van der Waals surface area contributed by atoms with Gasteiger partial charge in [-0.15, -0.1) is 0 Å². The summed E-state index contributed by atoms with van der Waals surface area (Å²) >= 11 is 12.3. The highest BCUT2D eigenvalue weighted by atomic mass is 35.5. The maximum atomic E-state index is 6.23. The molecule has 0 radical (unpaired) electrons. The largest absolute Gasteiger partial charge is 0.319 e. The average molecular weight is 258 g/mol. The van der Waals surface area contributed by atoms with Crippen molar-refractivity contribution in [3.8, 4) is 0 Å². The first-order chi connectivity index (χ1) is 7.67. The molecule has 0 spiro atoms. The molecule has 1 aromatic rings. The molecule has 0 saturated heterocycles. The molecule has 88 valence electrons. The highest BCUT2D eigenvalue weighted by molar-refractivity contribution is 6.42. The van der Waals surface area contributed by atoms with Crippen LogP contribution in [-0.4, -0.2) is 13.6 Å². The Morgan fingerprint density at radius 1 is 1.31 bits per heavy atom. The van der Waals surface area contributed by atoms with Gasteiger partial charge >= 0.3 is 0 Å². The fourth-order valence-corrected chi connectivity index (χ4v) is 2.94. The van der Waals surface area contributed by atoms with E-state index in [2.05, 4.69) is 11.4 Å². The van der Waals surface area contributed by atoms with E-state index >= 15 is 0 Å². The molecule has 0 bridgehead atoms. The fraction of sp³-hybridized carbons (Fsp3) is 0.538. The minimum Gasteiger partial charge on any atom is -0.319 e. The second kappa shape index (κ2) is 4.95. The van der Waals surface area contributed by atoms with E-state index in [1.807, 2.05) is 19.2 Å². The number of hydrogen-bond donors (Lipinski definition) is 1. The molecule has 16 heavy (non-hydrogen) atoms. The average Bonchev–Trinajstić information content (AvgIpc) is 2.21. The molecule has 1 saturated carbocycles. The fourth-order valence-electron chi connectivity index (χ4n) is 2.56. The lowest BCUT2D eigenvalue weighted by atomic mass is 9.65. The van der Waals surface area contributed by atoms with Crippen LogP contribution in [0, 0.1) is 5.41 Å². The molecule has 3 heteroatoms. The summed E-state index contributed by atoms with van der Waals surface area (Å²) in [6.45, 7) is 1.07. The Bertz CT molecular complexity index is 372. The third-order valence-electron chi connectivity index (χ3n) is 3.56. The maximum Gasteiger partial charge on any atom is 0.0624 e. The van der Waals surface area contributed by atoms with Gasteiger partial charge in [0.15, 0.2) is 0 Å². The second-order valence-corrected chi connectivity index (χ2v) is 5.56. The maximum absolute atomic E-state index is 6.23. The van der Waals surface area contributed by atoms with Crippen LogP contribution < -0.4 is 5.32 Å². The Balaban J connectivity index is 2.16. The van der Waals surface area contributed by atoms with Gasteiger partial charge in [-0.3, -0.25) is 0 Å². The van der Waals surface area contributed by atoms with E-state index < -0.39 is 0 Å². The number of hydrogen-bond acceptors (Lipinski definition) is 1. The lowest BCUT2D eigenvalue weighted by Crippen LogP contribution is -2.40. The minimum absolute atomic E-state index is 0.406. The van der Waals surface area contributed by atoms with Crippen LogP contribution in [0.1, 0.15) is 24.8 Å². The summed E-state index contributed by atoms with van der Waals surface area (Å²) in [6.07, 6.45) is 4.94. The smallest absolute Gasteiger partial charge is 0.0624 e. The summed E-state index contributed by atoms with van der Waals surface area (Å²) in [5.41, 5.74) is 1.59. The normalized spacial score (nSPS) is 18.2. The molecular formula is C13H17Cl2N. The van der Waals surface area contributed by atoms with Gasteiger partial charge in [0, 0.05) is 6.54 Å². The van der Waals surface area contributed by atoms with Gasteiger partial charge in [0.25, 0.3) is 0 Å². The van der Waals surface area contributed by atoms with Gasteiger partial charge in [0.1, 0.15) is 0 Å². The number of rotatable bonds is 4. The molecule has 1 aliphatic rings. The van der Waals surface area contributed by atoms with E-state index in [4.69, 9.17) is 23.2 Å². The van der Waals surface area contributed by atoms with Gasteiger partial charge in [-0.1, -0.05) is 41.8 Å². The third kappa shape index (κ3) is 2.37. The highest BCUT2D eigenvalue weighted by Gasteiger charge is 2.36. The van der Waals surface area contributed by atoms with Gasteiger partial charge in [-0.2, -0.15) is 0 Å². The van der Waals surface area contributed by atoms with Gasteiger partial charge in [-0.25, -0.2) is 0 Å². The molecule has 0 unspecified atom stereocenters. The molecular weight excluding hydrogens is 241 g/mol. The molecule has 0 aromatic heterocycles. The monoisotopic (exact) mass is 257 g/mol. The van der Waals surface area contributed by atoms with E-state index in [0.717, 1.165) is 18.0 Å². The zero-order valence-corrected chi connectivity index (χ0v) is 11.0. The quantitative estimate of drug-likeness (QED) is 0.862. The lowest BCUT2D eigenvalue weighted by molar-refractivity contribution is 0.133. The van der Waals surface area contributed by atoms with E-state index in [1.54, 1.807) is 0 Å². The van der Waals surface area contributed by atoms with Crippen molar-refractivity contribution in [3.63, 3.8) is 0 Å². The molecule has 1 aliphatic carbocycles. The first-order valence-electron chi connectivity index (χ1n) is 5.74. The molecule has 1 fully saturated rings. The molecule has 1 nitrogen and oxygen atoms in total. The molecule has 0 amide bonds. The summed E-state index contributed by atoms with van der Waals surface area (Å²) in [4.78, 5) is 0. The minimum atomic E-state index is 0.406. The van der Waals surface area contributed by atoms with Crippen molar-refractivity contribution in [2.24, 2.45) is 5.41 Å². The van der Waals surface area contributed by atoms with Gasteiger partial charge in [0.05, 0.1) is 10.0 Å². The third-order valence-corrected chi connectivity index (χ3v) is 4.42. The second-order valence-electron chi connectivity index (χ2n) is 4.77. The molecule has 0 heterocycles. The van der Waals surface area contributed by atoms with Crippen molar-refractivity contribution in [3.05, 3.63) is 33.8 Å². The number of benzene rings is 1. The number of halogens is 2. The zero-order chi connectivity index (χ0) is 11.6. The molecule has 2 rings (SSSR count). The first kappa shape index (κ1) is 12.2. The highest BCUT2D eigenvalue weighted by Crippen LogP contribution is 2.44. The summed E-state index contributed by atoms with van der Waals surface area (Å²) in [7, 11) is 2.01. The van der Waals surface area contributed by atoms with E-state index in [9.17, 15) is 0 Å². The van der Waals surface area contributed by atoms with Crippen molar-refractivity contribution in [2.75, 3.05) is 13.6 Å².